The number of carbonyl (C=O) groups excluding carboxylic acids is 2. The van der Waals surface area contributed by atoms with Crippen LogP contribution in [-0.4, -0.2) is 30.0 Å². The Bertz CT molecular complexity index is 707. The number of nitrogens with zero attached hydrogens (tertiary/aromatic N) is 2. The van der Waals surface area contributed by atoms with Gasteiger partial charge in [-0.05, 0) is 37.5 Å². The van der Waals surface area contributed by atoms with E-state index in [9.17, 15) is 19.7 Å². The van der Waals surface area contributed by atoms with E-state index in [1.165, 1.54) is 18.6 Å². The van der Waals surface area contributed by atoms with Gasteiger partial charge in [-0.3, -0.25) is 20.2 Å². The first-order chi connectivity index (χ1) is 11.0. The highest BCUT2D eigenvalue weighted by Crippen LogP contribution is 2.28. The molecule has 2 heterocycles. The van der Waals surface area contributed by atoms with E-state index in [0.29, 0.717) is 5.56 Å². The molecule has 2 saturated heterocycles. The van der Waals surface area contributed by atoms with E-state index in [4.69, 9.17) is 0 Å². The lowest BCUT2D eigenvalue weighted by atomic mass is 10.1. The summed E-state index contributed by atoms with van der Waals surface area (Å²) in [5.41, 5.74) is 1.08. The minimum absolute atomic E-state index is 0.00824. The van der Waals surface area contributed by atoms with E-state index in [1.54, 1.807) is 12.1 Å². The van der Waals surface area contributed by atoms with Crippen molar-refractivity contribution in [3.63, 3.8) is 0 Å². The zero-order chi connectivity index (χ0) is 16.4. The molecule has 0 atom stereocenters. The number of nitro groups is 1. The maximum absolute atomic E-state index is 11.6. The molecule has 0 spiro atoms. The number of nitro benzene ring substituents is 1. The molecule has 2 aliphatic rings. The molecule has 0 saturated carbocycles. The molecule has 1 aromatic carbocycles. The molecule has 1 aromatic rings. The van der Waals surface area contributed by atoms with Crippen molar-refractivity contribution in [2.24, 2.45) is 0 Å². The van der Waals surface area contributed by atoms with Gasteiger partial charge in [0.25, 0.3) is 11.6 Å². The second kappa shape index (κ2) is 6.07. The monoisotopic (exact) mass is 316 g/mol. The predicted octanol–water partition coefficient (Wildman–Crippen LogP) is 1.77. The van der Waals surface area contributed by atoms with Crippen LogP contribution >= 0.6 is 0 Å². The van der Waals surface area contributed by atoms with E-state index in [0.717, 1.165) is 31.6 Å². The third kappa shape index (κ3) is 3.15. The zero-order valence-corrected chi connectivity index (χ0v) is 12.4. The fourth-order valence-corrected chi connectivity index (χ4v) is 2.81. The second-order valence-electron chi connectivity index (χ2n) is 5.51. The standard InChI is InChI=1S/C15H16N4O4/c20-14-12(16-15(21)17-14)9-10-8-11(4-5-13(10)19(22)23)18-6-2-1-3-7-18/h4-5,8-9H,1-3,6-7H2,(H2,16,17,20,21). The second-order valence-corrected chi connectivity index (χ2v) is 5.51. The van der Waals surface area contributed by atoms with Gasteiger partial charge in [-0.25, -0.2) is 4.79 Å². The quantitative estimate of drug-likeness (QED) is 0.383. The Balaban J connectivity index is 1.98. The number of piperidine rings is 1. The molecule has 0 aromatic heterocycles. The Labute approximate surface area is 132 Å². The number of benzene rings is 1. The van der Waals surface area contributed by atoms with E-state index in [1.807, 2.05) is 0 Å². The van der Waals surface area contributed by atoms with Gasteiger partial charge in [-0.15, -0.1) is 0 Å². The SMILES string of the molecule is O=C1NC(=O)C(=Cc2cc(N3CCCCC3)ccc2[N+](=O)[O-])N1. The molecular weight excluding hydrogens is 300 g/mol. The third-order valence-corrected chi connectivity index (χ3v) is 3.95. The van der Waals surface area contributed by atoms with Crippen LogP contribution in [0.2, 0.25) is 0 Å². The number of amides is 3. The first-order valence-corrected chi connectivity index (χ1v) is 7.42. The molecule has 0 unspecified atom stereocenters. The van der Waals surface area contributed by atoms with Gasteiger partial charge in [0.15, 0.2) is 0 Å². The summed E-state index contributed by atoms with van der Waals surface area (Å²) >= 11 is 0. The van der Waals surface area contributed by atoms with Crippen LogP contribution in [0, 0.1) is 10.1 Å². The molecule has 3 amide bonds. The van der Waals surface area contributed by atoms with Crippen molar-refractivity contribution in [2.75, 3.05) is 18.0 Å². The lowest BCUT2D eigenvalue weighted by Gasteiger charge is -2.29. The number of nitrogens with one attached hydrogen (secondary N) is 2. The topological polar surface area (TPSA) is 105 Å². The Morgan fingerprint density at radius 1 is 1.13 bits per heavy atom. The minimum atomic E-state index is -0.629. The Morgan fingerprint density at radius 3 is 2.48 bits per heavy atom. The zero-order valence-electron chi connectivity index (χ0n) is 12.4. The predicted molar refractivity (Wildman–Crippen MR) is 83.8 cm³/mol. The third-order valence-electron chi connectivity index (χ3n) is 3.95. The van der Waals surface area contributed by atoms with Gasteiger partial charge in [-0.2, -0.15) is 0 Å². The fourth-order valence-electron chi connectivity index (χ4n) is 2.81. The van der Waals surface area contributed by atoms with E-state index >= 15 is 0 Å². The van der Waals surface area contributed by atoms with Crippen LogP contribution in [-0.2, 0) is 4.79 Å². The largest absolute Gasteiger partial charge is 0.372 e. The minimum Gasteiger partial charge on any atom is -0.372 e. The van der Waals surface area contributed by atoms with Crippen LogP contribution in [0.1, 0.15) is 24.8 Å². The van der Waals surface area contributed by atoms with Gasteiger partial charge in [0.05, 0.1) is 10.5 Å². The maximum Gasteiger partial charge on any atom is 0.326 e. The van der Waals surface area contributed by atoms with Crippen LogP contribution < -0.4 is 15.5 Å². The average molecular weight is 316 g/mol. The van der Waals surface area contributed by atoms with Gasteiger partial charge in [0.1, 0.15) is 5.70 Å². The summed E-state index contributed by atoms with van der Waals surface area (Å²) in [6.45, 7) is 1.82. The van der Waals surface area contributed by atoms with E-state index in [-0.39, 0.29) is 11.4 Å². The van der Waals surface area contributed by atoms with Crippen LogP contribution in [0.15, 0.2) is 23.9 Å². The Hall–Kier alpha value is -2.90. The highest BCUT2D eigenvalue weighted by atomic mass is 16.6. The number of urea groups is 1. The van der Waals surface area contributed by atoms with Crippen molar-refractivity contribution in [3.05, 3.63) is 39.6 Å². The molecule has 2 aliphatic heterocycles. The van der Waals surface area contributed by atoms with Crippen molar-refractivity contribution < 1.29 is 14.5 Å². The lowest BCUT2D eigenvalue weighted by molar-refractivity contribution is -0.385. The van der Waals surface area contributed by atoms with Gasteiger partial charge < -0.3 is 10.2 Å². The highest BCUT2D eigenvalue weighted by Gasteiger charge is 2.25. The molecule has 0 aliphatic carbocycles. The number of anilines is 1. The van der Waals surface area contributed by atoms with Crippen molar-refractivity contribution in [1.29, 1.82) is 0 Å². The molecule has 2 fully saturated rings. The summed E-state index contributed by atoms with van der Waals surface area (Å²) in [5, 5.41) is 15.6. The molecule has 3 rings (SSSR count). The van der Waals surface area contributed by atoms with E-state index < -0.39 is 16.9 Å². The number of carbonyl (C=O) groups is 2. The van der Waals surface area contributed by atoms with Gasteiger partial charge >= 0.3 is 6.03 Å². The van der Waals surface area contributed by atoms with Crippen molar-refractivity contribution in [3.8, 4) is 0 Å². The van der Waals surface area contributed by atoms with Crippen molar-refractivity contribution in [2.45, 2.75) is 19.3 Å². The van der Waals surface area contributed by atoms with Crippen molar-refractivity contribution in [1.82, 2.24) is 10.6 Å². The Kier molecular flexibility index (Phi) is 3.96. The molecule has 8 nitrogen and oxygen atoms in total. The van der Waals surface area contributed by atoms with E-state index in [2.05, 4.69) is 15.5 Å². The number of imide groups is 1. The molecule has 0 radical (unpaired) electrons. The number of rotatable bonds is 3. The molecular formula is C15H16N4O4. The first-order valence-electron chi connectivity index (χ1n) is 7.42. The lowest BCUT2D eigenvalue weighted by Crippen LogP contribution is -2.29. The number of hydrogen-bond acceptors (Lipinski definition) is 5. The van der Waals surface area contributed by atoms with Crippen LogP contribution in [0.3, 0.4) is 0 Å². The van der Waals surface area contributed by atoms with Crippen LogP contribution in [0.4, 0.5) is 16.2 Å². The molecule has 2 N–H and O–H groups in total. The summed E-state index contributed by atoms with van der Waals surface area (Å²) in [4.78, 5) is 35.6. The highest BCUT2D eigenvalue weighted by molar-refractivity contribution is 6.14. The summed E-state index contributed by atoms with van der Waals surface area (Å²) in [6.07, 6.45) is 4.70. The van der Waals surface area contributed by atoms with Gasteiger partial charge in [0.2, 0.25) is 0 Å². The van der Waals surface area contributed by atoms with Crippen LogP contribution in [0.5, 0.6) is 0 Å². The summed E-state index contributed by atoms with van der Waals surface area (Å²) in [7, 11) is 0. The Morgan fingerprint density at radius 2 is 1.87 bits per heavy atom. The summed E-state index contributed by atoms with van der Waals surface area (Å²) in [6, 6.07) is 4.22. The van der Waals surface area contributed by atoms with Crippen molar-refractivity contribution >= 4 is 29.4 Å². The molecule has 8 heteroatoms. The van der Waals surface area contributed by atoms with Gasteiger partial charge in [-0.1, -0.05) is 0 Å². The summed E-state index contributed by atoms with van der Waals surface area (Å²) in [5.74, 6) is -0.590. The first kappa shape index (κ1) is 15.0. The molecule has 23 heavy (non-hydrogen) atoms. The molecule has 120 valence electrons. The fraction of sp³-hybridized carbons (Fsp3) is 0.333. The number of hydrogen-bond donors (Lipinski definition) is 2. The van der Waals surface area contributed by atoms with Gasteiger partial charge in [0, 0.05) is 24.8 Å². The smallest absolute Gasteiger partial charge is 0.326 e. The summed E-state index contributed by atoms with van der Waals surface area (Å²) < 4.78 is 0. The van der Waals surface area contributed by atoms with Crippen LogP contribution in [0.25, 0.3) is 6.08 Å². The average Bonchev–Trinajstić information content (AvgIpc) is 2.85. The molecule has 0 bridgehead atoms. The normalized spacial score (nSPS) is 19.7. The maximum atomic E-state index is 11.6.